The van der Waals surface area contributed by atoms with Crippen molar-refractivity contribution in [2.45, 2.75) is 158 Å². The Bertz CT molecular complexity index is 1540. The van der Waals surface area contributed by atoms with E-state index in [1.165, 1.54) is 44.1 Å². The molecule has 54 heavy (non-hydrogen) atoms. The molecule has 0 aromatic rings. The van der Waals surface area contributed by atoms with Crippen LogP contribution in [-0.4, -0.2) is 77.4 Å². The van der Waals surface area contributed by atoms with Gasteiger partial charge in [-0.25, -0.2) is 0 Å². The van der Waals surface area contributed by atoms with Crippen molar-refractivity contribution in [3.8, 4) is 0 Å². The molecule has 6 fully saturated rings. The second-order valence-electron chi connectivity index (χ2n) is 21.5. The minimum atomic E-state index is -1.15. The van der Waals surface area contributed by atoms with Crippen LogP contribution >= 0.6 is 0 Å². The molecule has 8 nitrogen and oxygen atoms in total. The molecule has 7 aliphatic rings. The summed E-state index contributed by atoms with van der Waals surface area (Å²) in [6.07, 6.45) is 14.6. The fourth-order valence-electron chi connectivity index (χ4n) is 14.1. The third-order valence-corrected chi connectivity index (χ3v) is 17.1. The first-order chi connectivity index (χ1) is 25.3. The Labute approximate surface area is 326 Å². The van der Waals surface area contributed by atoms with E-state index in [-0.39, 0.29) is 40.1 Å². The predicted octanol–water partition coefficient (Wildman–Crippen LogP) is 8.71. The second kappa shape index (κ2) is 14.3. The monoisotopic (exact) mass is 749 g/mol. The summed E-state index contributed by atoms with van der Waals surface area (Å²) in [5.74, 6) is 2.47. The molecule has 8 heteroatoms. The van der Waals surface area contributed by atoms with E-state index in [1.54, 1.807) is 19.4 Å². The van der Waals surface area contributed by atoms with Crippen LogP contribution in [0.15, 0.2) is 11.1 Å². The van der Waals surface area contributed by atoms with Gasteiger partial charge in [0.25, 0.3) is 0 Å². The lowest BCUT2D eigenvalue weighted by Crippen LogP contribution is -2.63. The molecule has 0 aromatic heterocycles. The van der Waals surface area contributed by atoms with Crippen molar-refractivity contribution in [2.75, 3.05) is 32.7 Å². The van der Waals surface area contributed by atoms with Crippen LogP contribution in [0, 0.1) is 62.6 Å². The van der Waals surface area contributed by atoms with Crippen molar-refractivity contribution >= 4 is 23.6 Å². The van der Waals surface area contributed by atoms with Crippen molar-refractivity contribution in [1.29, 1.82) is 0 Å². The zero-order valence-electron chi connectivity index (χ0n) is 35.1. The van der Waals surface area contributed by atoms with Crippen LogP contribution in [-0.2, 0) is 23.9 Å². The third kappa shape index (κ3) is 6.93. The number of ketones is 1. The molecule has 1 saturated heterocycles. The van der Waals surface area contributed by atoms with Gasteiger partial charge in [-0.15, -0.1) is 0 Å². The highest BCUT2D eigenvalue weighted by Crippen LogP contribution is 2.73. The molecular weight excluding hydrogens is 677 g/mol. The highest BCUT2D eigenvalue weighted by Gasteiger charge is 2.66. The van der Waals surface area contributed by atoms with Gasteiger partial charge in [0, 0.05) is 49.9 Å². The predicted molar refractivity (Wildman–Crippen MR) is 210 cm³/mol. The summed E-state index contributed by atoms with van der Waals surface area (Å²) in [5, 5.41) is 9.62. The zero-order valence-corrected chi connectivity index (χ0v) is 35.1. The summed E-state index contributed by atoms with van der Waals surface area (Å²) in [6.45, 7) is 22.3. The Hall–Kier alpha value is -2.22. The molecule has 1 aliphatic heterocycles. The van der Waals surface area contributed by atoms with Crippen LogP contribution in [0.2, 0.25) is 0 Å². The van der Waals surface area contributed by atoms with E-state index in [0.717, 1.165) is 77.2 Å². The van der Waals surface area contributed by atoms with E-state index in [2.05, 4.69) is 51.3 Å². The summed E-state index contributed by atoms with van der Waals surface area (Å²) in [6, 6.07) is 0. The van der Waals surface area contributed by atoms with Crippen molar-refractivity contribution in [3.63, 3.8) is 0 Å². The third-order valence-electron chi connectivity index (χ3n) is 17.1. The summed E-state index contributed by atoms with van der Waals surface area (Å²) < 4.78 is 6.19. The lowest BCUT2D eigenvalue weighted by Gasteiger charge is -2.69. The van der Waals surface area contributed by atoms with Gasteiger partial charge in [-0.05, 0) is 149 Å². The van der Waals surface area contributed by atoms with Crippen LogP contribution in [0.4, 0.5) is 0 Å². The number of carboxylic acid groups (broad SMARTS) is 1. The Kier molecular flexibility index (Phi) is 10.6. The molecule has 8 unspecified atom stereocenters. The lowest BCUT2D eigenvalue weighted by molar-refractivity contribution is -0.214. The highest BCUT2D eigenvalue weighted by atomic mass is 16.5. The fourth-order valence-corrected chi connectivity index (χ4v) is 14.1. The molecule has 0 bridgehead atoms. The van der Waals surface area contributed by atoms with Crippen LogP contribution in [0.5, 0.6) is 0 Å². The molecule has 0 aromatic carbocycles. The highest BCUT2D eigenvalue weighted by molar-refractivity contribution is 6.00. The number of fused-ring (bicyclic) bond motifs is 7. The lowest BCUT2D eigenvalue weighted by atomic mass is 9.36. The molecule has 1 amide bonds. The van der Waals surface area contributed by atoms with Crippen LogP contribution in [0.1, 0.15) is 152 Å². The zero-order chi connectivity index (χ0) is 39.0. The number of esters is 1. The number of carbonyl (C=O) groups is 4. The van der Waals surface area contributed by atoms with E-state index in [4.69, 9.17) is 4.74 Å². The maximum Gasteiger partial charge on any atom is 0.309 e. The fraction of sp³-hybridized carbons (Fsp3) is 0.870. The number of carbonyl (C=O) groups excluding carboxylic acids is 3. The first kappa shape index (κ1) is 40.0. The van der Waals surface area contributed by atoms with Crippen LogP contribution in [0.3, 0.4) is 0 Å². The Morgan fingerprint density at radius 1 is 0.926 bits per heavy atom. The summed E-state index contributed by atoms with van der Waals surface area (Å²) in [5.41, 5.74) is 1.73. The summed E-state index contributed by atoms with van der Waals surface area (Å²) in [4.78, 5) is 56.2. The standard InChI is InChI=1S/C46H72N2O6/c1-29(2)39-33(49)26-46(21-23-47(28-30-11-12-30)24-25-48-22-9-10-37(48)50)20-15-32-31(40(39)46)13-14-35-44(32,7)18-16-34-43(5,6)36(17-19-45(34,35)8)54-38(51)27-42(3,4)41(52)53/h29-32,34-36H,9-28H2,1-8H3,(H,52,53). The van der Waals surface area contributed by atoms with Gasteiger partial charge >= 0.3 is 11.9 Å². The molecule has 8 atom stereocenters. The maximum absolute atomic E-state index is 14.1. The molecule has 1 N–H and O–H groups in total. The number of hydrogen-bond donors (Lipinski definition) is 1. The van der Waals surface area contributed by atoms with Gasteiger partial charge in [-0.2, -0.15) is 0 Å². The molecule has 0 spiro atoms. The van der Waals surface area contributed by atoms with Crippen LogP contribution in [0.25, 0.3) is 0 Å². The van der Waals surface area contributed by atoms with E-state index in [0.29, 0.717) is 48.2 Å². The van der Waals surface area contributed by atoms with Gasteiger partial charge in [0.05, 0.1) is 11.8 Å². The summed E-state index contributed by atoms with van der Waals surface area (Å²) in [7, 11) is 0. The molecule has 6 aliphatic carbocycles. The minimum absolute atomic E-state index is 0.0213. The van der Waals surface area contributed by atoms with Gasteiger partial charge in [0.1, 0.15) is 6.10 Å². The van der Waals surface area contributed by atoms with Gasteiger partial charge in [-0.1, -0.05) is 47.1 Å². The molecular formula is C46H72N2O6. The van der Waals surface area contributed by atoms with Crippen molar-refractivity contribution < 1.29 is 29.0 Å². The normalized spacial score (nSPS) is 37.7. The first-order valence-corrected chi connectivity index (χ1v) is 22.0. The van der Waals surface area contributed by atoms with Crippen molar-refractivity contribution in [1.82, 2.24) is 9.80 Å². The number of carboxylic acids is 1. The van der Waals surface area contributed by atoms with Gasteiger partial charge in [-0.3, -0.25) is 19.2 Å². The summed E-state index contributed by atoms with van der Waals surface area (Å²) >= 11 is 0. The molecule has 302 valence electrons. The van der Waals surface area contributed by atoms with Crippen molar-refractivity contribution in [3.05, 3.63) is 11.1 Å². The number of hydrogen-bond acceptors (Lipinski definition) is 6. The first-order valence-electron chi connectivity index (χ1n) is 22.0. The van der Waals surface area contributed by atoms with Gasteiger partial charge in [0.2, 0.25) is 5.91 Å². The Balaban J connectivity index is 1.09. The number of Topliss-reactive ketones (excluding diaryl/α,β-unsaturated/α-hetero) is 1. The van der Waals surface area contributed by atoms with Gasteiger partial charge < -0.3 is 19.6 Å². The molecule has 5 saturated carbocycles. The van der Waals surface area contributed by atoms with Crippen LogP contribution < -0.4 is 0 Å². The number of nitrogens with zero attached hydrogens (tertiary/aromatic N) is 2. The largest absolute Gasteiger partial charge is 0.481 e. The topological polar surface area (TPSA) is 104 Å². The van der Waals surface area contributed by atoms with E-state index in [9.17, 15) is 24.3 Å². The number of rotatable bonds is 13. The van der Waals surface area contributed by atoms with E-state index >= 15 is 0 Å². The minimum Gasteiger partial charge on any atom is -0.481 e. The number of aliphatic carboxylic acids is 1. The number of amides is 1. The van der Waals surface area contributed by atoms with E-state index < -0.39 is 17.4 Å². The smallest absolute Gasteiger partial charge is 0.309 e. The molecule has 0 radical (unpaired) electrons. The maximum atomic E-state index is 14.1. The number of ether oxygens (including phenoxy) is 1. The second-order valence-corrected chi connectivity index (χ2v) is 21.5. The number of likely N-dealkylation sites (tertiary alicyclic amines) is 1. The quantitative estimate of drug-likeness (QED) is 0.188. The van der Waals surface area contributed by atoms with Crippen molar-refractivity contribution in [2.24, 2.45) is 62.6 Å². The molecule has 7 rings (SSSR count). The Morgan fingerprint density at radius 2 is 1.65 bits per heavy atom. The Morgan fingerprint density at radius 3 is 2.30 bits per heavy atom. The SMILES string of the molecule is CC(C)C1=C2C3CCC4C(C)(CCC5C(C)(C)C(OC(=O)CC(C)(C)C(=O)O)CCC54C)C3CCC2(CCN(CCN2CCCC2=O)CC2CC2)CC1=O. The van der Waals surface area contributed by atoms with Gasteiger partial charge in [0.15, 0.2) is 5.78 Å². The number of allylic oxidation sites excluding steroid dienone is 2. The average Bonchev–Trinajstić information content (AvgIpc) is 3.72. The average molecular weight is 749 g/mol. The molecule has 1 heterocycles. The van der Waals surface area contributed by atoms with E-state index in [1.807, 2.05) is 0 Å².